The van der Waals surface area contributed by atoms with Gasteiger partial charge >= 0.3 is 5.76 Å². The second-order valence-electron chi connectivity index (χ2n) is 9.07. The van der Waals surface area contributed by atoms with Crippen LogP contribution in [0.3, 0.4) is 0 Å². The van der Waals surface area contributed by atoms with Gasteiger partial charge in [0.1, 0.15) is 11.7 Å². The third-order valence-electron chi connectivity index (χ3n) is 6.41. The number of hydrogen-bond acceptors (Lipinski definition) is 8. The molecular weight excluding hydrogens is 484 g/mol. The molecule has 4 aromatic rings. The average Bonchev–Trinajstić information content (AvgIpc) is 3.30. The molecule has 10 nitrogen and oxygen atoms in total. The minimum atomic E-state index is -2.78. The molecule has 190 valence electrons. The number of benzene rings is 1. The van der Waals surface area contributed by atoms with E-state index in [-0.39, 0.29) is 43.2 Å². The quantitative estimate of drug-likeness (QED) is 0.419. The Balaban J connectivity index is 1.60. The summed E-state index contributed by atoms with van der Waals surface area (Å²) in [5, 5.41) is 19.3. The predicted octanol–water partition coefficient (Wildman–Crippen LogP) is 3.63. The van der Waals surface area contributed by atoms with Gasteiger partial charge in [0.2, 0.25) is 0 Å². The number of H-pyrrole nitrogens is 1. The molecule has 37 heavy (non-hydrogen) atoms. The van der Waals surface area contributed by atoms with E-state index >= 15 is 0 Å². The molecule has 5 rings (SSSR count). The number of aromatic amines is 1. The third kappa shape index (κ3) is 4.55. The molecule has 0 radical (unpaired) electrons. The molecule has 0 unspecified atom stereocenters. The number of anilines is 2. The largest absolute Gasteiger partial charge is 0.434 e. The fourth-order valence-corrected chi connectivity index (χ4v) is 4.54. The lowest BCUT2D eigenvalue weighted by molar-refractivity contribution is -0.0221. The van der Waals surface area contributed by atoms with Crippen LogP contribution in [0.5, 0.6) is 0 Å². The molecule has 1 aliphatic heterocycles. The number of fused-ring (bicyclic) bond motifs is 1. The van der Waals surface area contributed by atoms with Crippen LogP contribution in [0.2, 0.25) is 0 Å². The van der Waals surface area contributed by atoms with E-state index in [1.807, 2.05) is 32.0 Å². The molecule has 0 saturated carbocycles. The number of nitrogens with one attached hydrogen (secondary N) is 2. The van der Waals surface area contributed by atoms with Gasteiger partial charge in [0, 0.05) is 43.4 Å². The number of piperidine rings is 1. The van der Waals surface area contributed by atoms with Crippen molar-refractivity contribution in [3.05, 3.63) is 74.1 Å². The van der Waals surface area contributed by atoms with E-state index in [2.05, 4.69) is 20.5 Å². The first-order valence-electron chi connectivity index (χ1n) is 11.7. The number of aryl methyl sites for hydroxylation is 1. The summed E-state index contributed by atoms with van der Waals surface area (Å²) in [7, 11) is 0. The highest BCUT2D eigenvalue weighted by Crippen LogP contribution is 2.33. The summed E-state index contributed by atoms with van der Waals surface area (Å²) in [6.45, 7) is 3.67. The Hall–Kier alpha value is -4.53. The molecule has 1 aliphatic rings. The Labute approximate surface area is 209 Å². The number of pyridine rings is 1. The summed E-state index contributed by atoms with van der Waals surface area (Å²) in [5.74, 6) is -3.23. The summed E-state index contributed by atoms with van der Waals surface area (Å²) >= 11 is 0. The van der Waals surface area contributed by atoms with Crippen LogP contribution in [-0.2, 0) is 0 Å². The Morgan fingerprint density at radius 3 is 2.65 bits per heavy atom. The molecule has 0 aliphatic carbocycles. The van der Waals surface area contributed by atoms with E-state index in [9.17, 15) is 23.6 Å². The van der Waals surface area contributed by atoms with Gasteiger partial charge in [-0.15, -0.1) is 5.10 Å². The monoisotopic (exact) mass is 507 g/mol. The number of rotatable bonds is 5. The maximum absolute atomic E-state index is 13.8. The summed E-state index contributed by atoms with van der Waals surface area (Å²) in [6, 6.07) is 10.5. The van der Waals surface area contributed by atoms with Gasteiger partial charge in [-0.25, -0.2) is 23.7 Å². The summed E-state index contributed by atoms with van der Waals surface area (Å²) in [4.78, 5) is 31.0. The topological polar surface area (TPSA) is 132 Å². The lowest BCUT2D eigenvalue weighted by atomic mass is 10.0. The molecule has 12 heteroatoms. The fraction of sp³-hybridized carbons (Fsp3) is 0.320. The van der Waals surface area contributed by atoms with Gasteiger partial charge in [0.05, 0.1) is 11.6 Å². The summed E-state index contributed by atoms with van der Waals surface area (Å²) in [6.07, 6.45) is 0.845. The van der Waals surface area contributed by atoms with Crippen LogP contribution in [-0.4, -0.2) is 38.6 Å². The van der Waals surface area contributed by atoms with Gasteiger partial charge in [-0.3, -0.25) is 9.20 Å². The highest BCUT2D eigenvalue weighted by Gasteiger charge is 2.35. The maximum atomic E-state index is 13.8. The van der Waals surface area contributed by atoms with E-state index < -0.39 is 23.3 Å². The predicted molar refractivity (Wildman–Crippen MR) is 132 cm³/mol. The van der Waals surface area contributed by atoms with Crippen molar-refractivity contribution in [1.82, 2.24) is 19.6 Å². The lowest BCUT2D eigenvalue weighted by Gasteiger charge is -2.33. The van der Waals surface area contributed by atoms with E-state index in [1.165, 1.54) is 4.40 Å². The van der Waals surface area contributed by atoms with Gasteiger partial charge in [-0.1, -0.05) is 12.1 Å². The van der Waals surface area contributed by atoms with Crippen molar-refractivity contribution in [2.24, 2.45) is 0 Å². The van der Waals surface area contributed by atoms with Crippen LogP contribution in [0.25, 0.3) is 17.1 Å². The molecule has 0 spiro atoms. The first kappa shape index (κ1) is 24.2. The van der Waals surface area contributed by atoms with E-state index in [1.54, 1.807) is 29.3 Å². The highest BCUT2D eigenvalue weighted by atomic mass is 19.3. The first-order valence-corrected chi connectivity index (χ1v) is 11.7. The number of nitriles is 1. The number of aromatic nitrogens is 4. The smallest absolute Gasteiger partial charge is 0.388 e. The number of halogens is 2. The van der Waals surface area contributed by atoms with Gasteiger partial charge in [0.15, 0.2) is 11.4 Å². The normalized spacial score (nSPS) is 15.9. The number of hydrogen-bond donors (Lipinski definition) is 2. The van der Waals surface area contributed by atoms with Crippen molar-refractivity contribution in [3.63, 3.8) is 0 Å². The van der Waals surface area contributed by atoms with Crippen molar-refractivity contribution in [3.8, 4) is 17.5 Å². The van der Waals surface area contributed by atoms with Crippen LogP contribution in [0.1, 0.15) is 42.5 Å². The second-order valence-corrected chi connectivity index (χ2v) is 9.07. The standard InChI is InChI=1S/C25H23F2N7O3/c1-14-11-17(15(2)29-19-6-4-3-5-16(19)22-31-32-24(36)37-22)21-30-20(18(12-28)23(35)34(21)13-14)33-9-7-25(26,27)8-10-33/h3-6,11,13,15,29H,7-10H2,1-2H3,(H,32,36)/t15-/m1/s1. The van der Waals surface area contributed by atoms with Crippen molar-refractivity contribution < 1.29 is 13.2 Å². The molecule has 1 fully saturated rings. The zero-order valence-corrected chi connectivity index (χ0v) is 20.1. The summed E-state index contributed by atoms with van der Waals surface area (Å²) < 4.78 is 34.0. The molecule has 4 heterocycles. The Morgan fingerprint density at radius 1 is 1.24 bits per heavy atom. The Bertz CT molecular complexity index is 1640. The number of alkyl halides is 2. The van der Waals surface area contributed by atoms with E-state index in [0.29, 0.717) is 22.5 Å². The fourth-order valence-electron chi connectivity index (χ4n) is 4.54. The molecular formula is C25H23F2N7O3. The molecule has 0 amide bonds. The molecule has 1 atom stereocenters. The second kappa shape index (κ2) is 9.16. The van der Waals surface area contributed by atoms with Crippen molar-refractivity contribution in [2.45, 2.75) is 38.7 Å². The van der Waals surface area contributed by atoms with E-state index in [0.717, 1.165) is 5.56 Å². The van der Waals surface area contributed by atoms with Gasteiger partial charge in [-0.2, -0.15) is 5.26 Å². The minimum Gasteiger partial charge on any atom is -0.388 e. The van der Waals surface area contributed by atoms with Gasteiger partial charge in [0.25, 0.3) is 17.4 Å². The van der Waals surface area contributed by atoms with Gasteiger partial charge in [-0.05, 0) is 37.6 Å². The molecule has 2 N–H and O–H groups in total. The Morgan fingerprint density at radius 2 is 1.97 bits per heavy atom. The third-order valence-corrected chi connectivity index (χ3v) is 6.41. The number of para-hydroxylation sites is 1. The Kier molecular flexibility index (Phi) is 5.99. The molecule has 1 aromatic carbocycles. The molecule has 3 aromatic heterocycles. The zero-order chi connectivity index (χ0) is 26.3. The number of nitrogens with zero attached hydrogens (tertiary/aromatic N) is 5. The van der Waals surface area contributed by atoms with Gasteiger partial charge < -0.3 is 14.6 Å². The lowest BCUT2D eigenvalue weighted by Crippen LogP contribution is -2.41. The maximum Gasteiger partial charge on any atom is 0.434 e. The zero-order valence-electron chi connectivity index (χ0n) is 20.1. The van der Waals surface area contributed by atoms with Crippen LogP contribution >= 0.6 is 0 Å². The molecule has 1 saturated heterocycles. The van der Waals surface area contributed by atoms with Crippen LogP contribution in [0.4, 0.5) is 20.3 Å². The van der Waals surface area contributed by atoms with Crippen LogP contribution in [0.15, 0.2) is 50.5 Å². The first-order chi connectivity index (χ1) is 17.7. The van der Waals surface area contributed by atoms with Crippen molar-refractivity contribution in [1.29, 1.82) is 5.26 Å². The van der Waals surface area contributed by atoms with Crippen LogP contribution < -0.4 is 21.5 Å². The summed E-state index contributed by atoms with van der Waals surface area (Å²) in [5.41, 5.74) is 2.17. The van der Waals surface area contributed by atoms with Crippen LogP contribution in [0, 0.1) is 18.3 Å². The molecule has 0 bridgehead atoms. The van der Waals surface area contributed by atoms with Crippen molar-refractivity contribution in [2.75, 3.05) is 23.3 Å². The highest BCUT2D eigenvalue weighted by molar-refractivity contribution is 5.73. The average molecular weight is 508 g/mol. The SMILES string of the molecule is Cc1cc([C@@H](C)Nc2ccccc2-c2n[nH]c(=O)o2)c2nc(N3CCC(F)(F)CC3)c(C#N)c(=O)n2c1. The minimum absolute atomic E-state index is 0.0124. The van der Waals surface area contributed by atoms with E-state index in [4.69, 9.17) is 4.42 Å². The van der Waals surface area contributed by atoms with Crippen molar-refractivity contribution >= 4 is 17.2 Å².